The number of nitrogens with zero attached hydrogens (tertiary/aromatic N) is 2. The Morgan fingerprint density at radius 3 is 2.34 bits per heavy atom. The third-order valence-electron chi connectivity index (χ3n) is 6.97. The van der Waals surface area contributed by atoms with Crippen LogP contribution in [0.4, 0.5) is 18.9 Å². The molecule has 1 saturated heterocycles. The summed E-state index contributed by atoms with van der Waals surface area (Å²) in [6.45, 7) is 1.23. The maximum atomic E-state index is 13.5. The van der Waals surface area contributed by atoms with Crippen LogP contribution < -0.4 is 4.90 Å². The second kappa shape index (κ2) is 11.1. The average molecular weight is 537 g/mol. The molecule has 0 aliphatic carbocycles. The van der Waals surface area contributed by atoms with Crippen molar-refractivity contribution in [3.05, 3.63) is 107 Å². The van der Waals surface area contributed by atoms with Crippen LogP contribution in [-0.2, 0) is 28.7 Å². The highest BCUT2D eigenvalue weighted by Gasteiger charge is 2.33. The maximum absolute atomic E-state index is 13.5. The molecule has 0 aromatic heterocycles. The highest BCUT2D eigenvalue weighted by atomic mass is 32.2. The molecule has 8 heteroatoms. The van der Waals surface area contributed by atoms with Crippen molar-refractivity contribution in [3.63, 3.8) is 0 Å². The number of hydrogen-bond acceptors (Lipinski definition) is 3. The van der Waals surface area contributed by atoms with Gasteiger partial charge in [-0.15, -0.1) is 0 Å². The Morgan fingerprint density at radius 1 is 0.921 bits per heavy atom. The van der Waals surface area contributed by atoms with Gasteiger partial charge in [0.25, 0.3) is 5.91 Å². The van der Waals surface area contributed by atoms with E-state index in [2.05, 4.69) is 12.1 Å². The average Bonchev–Trinajstić information content (AvgIpc) is 2.91. The normalized spacial score (nSPS) is 17.6. The van der Waals surface area contributed by atoms with Crippen LogP contribution >= 0.6 is 11.8 Å². The molecule has 0 saturated carbocycles. The minimum atomic E-state index is -4.47. The van der Waals surface area contributed by atoms with Crippen molar-refractivity contribution >= 4 is 29.3 Å². The minimum Gasteiger partial charge on any atom is -0.339 e. The number of para-hydroxylation sites is 1. The van der Waals surface area contributed by atoms with Crippen molar-refractivity contribution in [2.45, 2.75) is 36.9 Å². The fourth-order valence-electron chi connectivity index (χ4n) is 4.96. The Hall–Kier alpha value is -3.52. The van der Waals surface area contributed by atoms with E-state index in [1.165, 1.54) is 34.4 Å². The number of thioether (sulfide) groups is 1. The molecule has 2 aliphatic rings. The van der Waals surface area contributed by atoms with Crippen LogP contribution in [0.15, 0.2) is 94.7 Å². The number of halogens is 3. The minimum absolute atomic E-state index is 0.0310. The molecule has 0 radical (unpaired) electrons. The molecule has 2 amide bonds. The smallest absolute Gasteiger partial charge is 0.339 e. The lowest BCUT2D eigenvalue weighted by Crippen LogP contribution is -2.39. The molecule has 5 rings (SSSR count). The summed E-state index contributed by atoms with van der Waals surface area (Å²) in [6, 6.07) is 22.5. The van der Waals surface area contributed by atoms with E-state index in [9.17, 15) is 22.8 Å². The van der Waals surface area contributed by atoms with Gasteiger partial charge < -0.3 is 9.80 Å². The number of anilines is 1. The topological polar surface area (TPSA) is 40.6 Å². The first kappa shape index (κ1) is 26.1. The molecule has 196 valence electrons. The monoisotopic (exact) mass is 536 g/mol. The Kier molecular flexibility index (Phi) is 7.61. The summed E-state index contributed by atoms with van der Waals surface area (Å²) in [7, 11) is 0. The zero-order chi connectivity index (χ0) is 26.7. The van der Waals surface area contributed by atoms with Crippen LogP contribution in [0.25, 0.3) is 0 Å². The van der Waals surface area contributed by atoms with Crippen LogP contribution in [0.1, 0.15) is 29.5 Å². The molecule has 0 N–H and O–H groups in total. The Balaban J connectivity index is 1.31. The summed E-state index contributed by atoms with van der Waals surface area (Å²) < 4.78 is 39.7. The van der Waals surface area contributed by atoms with Gasteiger partial charge in [0.1, 0.15) is 0 Å². The SMILES string of the molecule is O=C(C=C1Sc2ccccc2N(Cc2cccc(C(F)(F)F)c2)C1=O)N1CCC(Cc2ccccc2)CC1. The van der Waals surface area contributed by atoms with Gasteiger partial charge in [-0.05, 0) is 60.6 Å². The molecule has 0 bridgehead atoms. The maximum Gasteiger partial charge on any atom is 0.416 e. The summed E-state index contributed by atoms with van der Waals surface area (Å²) in [6.07, 6.45) is -0.300. The van der Waals surface area contributed by atoms with E-state index < -0.39 is 17.6 Å². The quantitative estimate of drug-likeness (QED) is 0.341. The molecular weight excluding hydrogens is 509 g/mol. The second-order valence-corrected chi connectivity index (χ2v) is 10.7. The zero-order valence-electron chi connectivity index (χ0n) is 20.7. The summed E-state index contributed by atoms with van der Waals surface area (Å²) in [4.78, 5) is 30.9. The molecule has 0 atom stereocenters. The summed E-state index contributed by atoms with van der Waals surface area (Å²) >= 11 is 1.22. The lowest BCUT2D eigenvalue weighted by Gasteiger charge is -2.33. The first-order valence-electron chi connectivity index (χ1n) is 12.6. The predicted octanol–water partition coefficient (Wildman–Crippen LogP) is 6.71. The number of carbonyl (C=O) groups is 2. The van der Waals surface area contributed by atoms with Gasteiger partial charge >= 0.3 is 6.18 Å². The van der Waals surface area contributed by atoms with Gasteiger partial charge in [-0.25, -0.2) is 0 Å². The van der Waals surface area contributed by atoms with E-state index in [4.69, 9.17) is 0 Å². The molecule has 2 aliphatic heterocycles. The number of rotatable bonds is 5. The van der Waals surface area contributed by atoms with Crippen molar-refractivity contribution in [2.75, 3.05) is 18.0 Å². The van der Waals surface area contributed by atoms with Gasteiger partial charge in [0.05, 0.1) is 22.7 Å². The lowest BCUT2D eigenvalue weighted by atomic mass is 9.90. The van der Waals surface area contributed by atoms with Gasteiger partial charge in [0, 0.05) is 24.1 Å². The fourth-order valence-corrected chi connectivity index (χ4v) is 5.98. The van der Waals surface area contributed by atoms with E-state index in [1.54, 1.807) is 23.1 Å². The Labute approximate surface area is 224 Å². The number of fused-ring (bicyclic) bond motifs is 1. The number of hydrogen-bond donors (Lipinski definition) is 0. The van der Waals surface area contributed by atoms with Gasteiger partial charge in [0.15, 0.2) is 0 Å². The number of carbonyl (C=O) groups excluding carboxylic acids is 2. The first-order valence-corrected chi connectivity index (χ1v) is 13.4. The predicted molar refractivity (Wildman–Crippen MR) is 142 cm³/mol. The molecule has 3 aromatic carbocycles. The number of alkyl halides is 3. The van der Waals surface area contributed by atoms with E-state index in [-0.39, 0.29) is 17.4 Å². The highest BCUT2D eigenvalue weighted by Crippen LogP contribution is 2.42. The molecule has 0 unspecified atom stereocenters. The largest absolute Gasteiger partial charge is 0.416 e. The van der Waals surface area contributed by atoms with Crippen LogP contribution in [0.3, 0.4) is 0 Å². The number of amides is 2. The highest BCUT2D eigenvalue weighted by molar-refractivity contribution is 8.04. The van der Waals surface area contributed by atoms with Crippen molar-refractivity contribution in [1.29, 1.82) is 0 Å². The number of benzene rings is 3. The molecule has 38 heavy (non-hydrogen) atoms. The van der Waals surface area contributed by atoms with E-state index >= 15 is 0 Å². The van der Waals surface area contributed by atoms with Gasteiger partial charge in [0.2, 0.25) is 5.91 Å². The van der Waals surface area contributed by atoms with Crippen LogP contribution in [0, 0.1) is 5.92 Å². The van der Waals surface area contributed by atoms with E-state index in [1.807, 2.05) is 30.3 Å². The van der Waals surface area contributed by atoms with Crippen molar-refractivity contribution in [3.8, 4) is 0 Å². The van der Waals surface area contributed by atoms with Crippen molar-refractivity contribution < 1.29 is 22.8 Å². The Morgan fingerprint density at radius 2 is 1.61 bits per heavy atom. The van der Waals surface area contributed by atoms with E-state index in [0.717, 1.165) is 36.3 Å². The van der Waals surface area contributed by atoms with Crippen molar-refractivity contribution in [1.82, 2.24) is 4.90 Å². The molecule has 3 aromatic rings. The molecule has 4 nitrogen and oxygen atoms in total. The Bertz CT molecular complexity index is 1350. The lowest BCUT2D eigenvalue weighted by molar-refractivity contribution is -0.137. The zero-order valence-corrected chi connectivity index (χ0v) is 21.5. The fraction of sp³-hybridized carbons (Fsp3) is 0.267. The van der Waals surface area contributed by atoms with Gasteiger partial charge in [-0.1, -0.05) is 66.4 Å². The van der Waals surface area contributed by atoms with Gasteiger partial charge in [-0.3, -0.25) is 9.59 Å². The third kappa shape index (κ3) is 5.96. The van der Waals surface area contributed by atoms with Crippen LogP contribution in [0.2, 0.25) is 0 Å². The van der Waals surface area contributed by atoms with Gasteiger partial charge in [-0.2, -0.15) is 13.2 Å². The summed E-state index contributed by atoms with van der Waals surface area (Å²) in [5.74, 6) is -0.0922. The summed E-state index contributed by atoms with van der Waals surface area (Å²) in [5.41, 5.74) is 1.51. The van der Waals surface area contributed by atoms with E-state index in [0.29, 0.717) is 30.3 Å². The second-order valence-electron chi connectivity index (χ2n) is 9.63. The first-order chi connectivity index (χ1) is 18.3. The van der Waals surface area contributed by atoms with Crippen LogP contribution in [-0.4, -0.2) is 29.8 Å². The summed E-state index contributed by atoms with van der Waals surface area (Å²) in [5, 5.41) is 0. The molecular formula is C30H27F3N2O2S. The third-order valence-corrected chi connectivity index (χ3v) is 8.05. The standard InChI is InChI=1S/C30H27F3N2O2S/c31-30(32,33)24-10-6-9-23(18-24)20-35-25-11-4-5-12-26(25)38-27(29(35)37)19-28(36)34-15-13-22(14-16-34)17-21-7-2-1-3-8-21/h1-12,18-19,22H,13-17,20H2. The van der Waals surface area contributed by atoms with Crippen molar-refractivity contribution in [2.24, 2.45) is 5.92 Å². The molecule has 1 fully saturated rings. The number of piperidine rings is 1. The molecule has 2 heterocycles. The number of likely N-dealkylation sites (tertiary alicyclic amines) is 1. The van der Waals surface area contributed by atoms with Crippen LogP contribution in [0.5, 0.6) is 0 Å². The molecule has 0 spiro atoms.